The third-order valence-corrected chi connectivity index (χ3v) is 7.41. The van der Waals surface area contributed by atoms with E-state index in [0.29, 0.717) is 11.1 Å². The summed E-state index contributed by atoms with van der Waals surface area (Å²) in [7, 11) is -4.06. The number of hydrogen-bond acceptors (Lipinski definition) is 6. The second-order valence-electron chi connectivity index (χ2n) is 9.31. The fraction of sp³-hybridized carbons (Fsp3) is 0.269. The summed E-state index contributed by atoms with van der Waals surface area (Å²) in [4.78, 5) is 13.1. The van der Waals surface area contributed by atoms with Crippen molar-refractivity contribution >= 4 is 21.7 Å². The lowest BCUT2D eigenvalue weighted by atomic mass is 9.92. The topological polar surface area (TPSA) is 96.4 Å². The Morgan fingerprint density at radius 1 is 0.881 bits per heavy atom. The first-order valence-corrected chi connectivity index (χ1v) is 13.7. The molecule has 1 saturated heterocycles. The van der Waals surface area contributed by atoms with E-state index in [-0.39, 0.29) is 18.8 Å². The Balaban J connectivity index is 1.66. The molecule has 0 bridgehead atoms. The molecule has 1 heterocycles. The molecule has 3 aromatic rings. The van der Waals surface area contributed by atoms with Crippen molar-refractivity contribution in [3.8, 4) is 11.5 Å². The lowest BCUT2D eigenvalue weighted by molar-refractivity contribution is -0.275. The zero-order valence-electron chi connectivity index (χ0n) is 21.4. The standard InChI is InChI=1S/C26H21F7N2O6S/c1-42(38,39)35(19-11-17(24(36)37)10-18(27)12-19)20-13-34(14-20)23(15-2-6-21(7-3-15)40-25(28,29)30)16-4-8-22(9-5-16)41-26(31,32)33/h2-12,20,23H,13-14H2,1H3,(H,36,37). The van der Waals surface area contributed by atoms with Crippen LogP contribution in [0.25, 0.3) is 0 Å². The van der Waals surface area contributed by atoms with E-state index < -0.39 is 63.7 Å². The summed E-state index contributed by atoms with van der Waals surface area (Å²) in [5, 5.41) is 9.27. The van der Waals surface area contributed by atoms with Crippen LogP contribution in [0.1, 0.15) is 27.5 Å². The van der Waals surface area contributed by atoms with Gasteiger partial charge in [-0.2, -0.15) is 0 Å². The quantitative estimate of drug-likeness (QED) is 0.312. The minimum absolute atomic E-state index is 0.0156. The van der Waals surface area contributed by atoms with Crippen molar-refractivity contribution in [3.05, 3.63) is 89.2 Å². The molecule has 16 heteroatoms. The van der Waals surface area contributed by atoms with E-state index in [4.69, 9.17) is 0 Å². The van der Waals surface area contributed by atoms with Crippen LogP contribution in [0.15, 0.2) is 66.7 Å². The van der Waals surface area contributed by atoms with Gasteiger partial charge in [-0.1, -0.05) is 24.3 Å². The number of likely N-dealkylation sites (tertiary alicyclic amines) is 1. The number of carboxylic acid groups (broad SMARTS) is 1. The fourth-order valence-electron chi connectivity index (χ4n) is 4.66. The third kappa shape index (κ3) is 7.61. The molecule has 1 fully saturated rings. The van der Waals surface area contributed by atoms with Gasteiger partial charge in [0.15, 0.2) is 0 Å². The Hall–Kier alpha value is -4.05. The highest BCUT2D eigenvalue weighted by Gasteiger charge is 2.41. The first-order valence-electron chi connectivity index (χ1n) is 11.9. The van der Waals surface area contributed by atoms with E-state index in [1.165, 1.54) is 24.3 Å². The summed E-state index contributed by atoms with van der Waals surface area (Å²) in [5.41, 5.74) is 0.100. The average Bonchev–Trinajstić information content (AvgIpc) is 2.81. The predicted molar refractivity (Wildman–Crippen MR) is 134 cm³/mol. The van der Waals surface area contributed by atoms with Gasteiger partial charge in [-0.3, -0.25) is 9.21 Å². The zero-order valence-corrected chi connectivity index (χ0v) is 22.2. The van der Waals surface area contributed by atoms with Gasteiger partial charge in [0.05, 0.1) is 29.6 Å². The molecule has 0 amide bonds. The molecule has 0 spiro atoms. The van der Waals surface area contributed by atoms with Gasteiger partial charge >= 0.3 is 18.7 Å². The highest BCUT2D eigenvalue weighted by Crippen LogP contribution is 2.38. The molecule has 0 aromatic heterocycles. The number of aromatic carboxylic acids is 1. The van der Waals surface area contributed by atoms with Gasteiger partial charge in [-0.05, 0) is 53.6 Å². The van der Waals surface area contributed by atoms with Gasteiger partial charge in [0, 0.05) is 13.1 Å². The number of hydrogen-bond donors (Lipinski definition) is 1. The van der Waals surface area contributed by atoms with Crippen LogP contribution >= 0.6 is 0 Å². The molecule has 0 atom stereocenters. The first kappa shape index (κ1) is 30.9. The number of alkyl halides is 6. The molecular weight excluding hydrogens is 601 g/mol. The number of nitrogens with zero attached hydrogens (tertiary/aromatic N) is 2. The summed E-state index contributed by atoms with van der Waals surface area (Å²) >= 11 is 0. The number of halogens is 7. The Kier molecular flexibility index (Phi) is 8.33. The molecule has 4 rings (SSSR count). The van der Waals surface area contributed by atoms with E-state index in [2.05, 4.69) is 9.47 Å². The van der Waals surface area contributed by atoms with Crippen molar-refractivity contribution in [2.24, 2.45) is 0 Å². The minimum atomic E-state index is -4.94. The smallest absolute Gasteiger partial charge is 0.478 e. The number of anilines is 1. The van der Waals surface area contributed by atoms with Crippen LogP contribution in [0, 0.1) is 5.82 Å². The summed E-state index contributed by atoms with van der Waals surface area (Å²) < 4.78 is 124. The van der Waals surface area contributed by atoms with E-state index >= 15 is 0 Å². The van der Waals surface area contributed by atoms with Gasteiger partial charge in [-0.25, -0.2) is 17.6 Å². The minimum Gasteiger partial charge on any atom is -0.478 e. The molecule has 42 heavy (non-hydrogen) atoms. The normalized spacial score (nSPS) is 14.9. The Morgan fingerprint density at radius 2 is 1.33 bits per heavy atom. The molecule has 1 N–H and O–H groups in total. The van der Waals surface area contributed by atoms with Crippen molar-refractivity contribution in [2.75, 3.05) is 23.7 Å². The van der Waals surface area contributed by atoms with Crippen molar-refractivity contribution in [3.63, 3.8) is 0 Å². The number of rotatable bonds is 9. The molecule has 1 aliphatic rings. The van der Waals surface area contributed by atoms with Crippen molar-refractivity contribution in [1.29, 1.82) is 0 Å². The van der Waals surface area contributed by atoms with Crippen molar-refractivity contribution in [2.45, 2.75) is 24.8 Å². The number of carboxylic acids is 1. The van der Waals surface area contributed by atoms with Crippen LogP contribution in [0.2, 0.25) is 0 Å². The second-order valence-corrected chi connectivity index (χ2v) is 11.2. The lowest BCUT2D eigenvalue weighted by Crippen LogP contribution is -2.61. The van der Waals surface area contributed by atoms with E-state index in [1.54, 1.807) is 4.90 Å². The highest BCUT2D eigenvalue weighted by molar-refractivity contribution is 7.92. The molecular formula is C26H21F7N2O6S. The molecule has 226 valence electrons. The molecule has 8 nitrogen and oxygen atoms in total. The predicted octanol–water partition coefficient (Wildman–Crippen LogP) is 5.56. The number of benzene rings is 3. The maximum Gasteiger partial charge on any atom is 0.573 e. The van der Waals surface area contributed by atoms with Gasteiger partial charge < -0.3 is 14.6 Å². The maximum atomic E-state index is 14.2. The Bertz CT molecular complexity index is 1480. The third-order valence-electron chi connectivity index (χ3n) is 6.19. The molecule has 1 aliphatic heterocycles. The summed E-state index contributed by atoms with van der Waals surface area (Å²) in [6, 6.07) is 10.5. The zero-order chi connectivity index (χ0) is 31.0. The summed E-state index contributed by atoms with van der Waals surface area (Å²) in [6.07, 6.45) is -9.02. The van der Waals surface area contributed by atoms with Gasteiger partial charge in [-0.15, -0.1) is 26.3 Å². The summed E-state index contributed by atoms with van der Waals surface area (Å²) in [5.74, 6) is -3.47. The monoisotopic (exact) mass is 622 g/mol. The average molecular weight is 623 g/mol. The lowest BCUT2D eigenvalue weighted by Gasteiger charge is -2.48. The van der Waals surface area contributed by atoms with Crippen molar-refractivity contribution in [1.82, 2.24) is 4.90 Å². The van der Waals surface area contributed by atoms with E-state index in [0.717, 1.165) is 53.0 Å². The van der Waals surface area contributed by atoms with Crippen LogP contribution in [-0.4, -0.2) is 62.5 Å². The van der Waals surface area contributed by atoms with Crippen molar-refractivity contribution < 1.29 is 58.5 Å². The maximum absolute atomic E-state index is 14.2. The van der Waals surface area contributed by atoms with Crippen LogP contribution in [-0.2, 0) is 10.0 Å². The first-order chi connectivity index (χ1) is 19.4. The molecule has 0 saturated carbocycles. The Labute approximate surface area is 234 Å². The molecule has 0 unspecified atom stereocenters. The fourth-order valence-corrected chi connectivity index (χ4v) is 5.83. The molecule has 0 aliphatic carbocycles. The van der Waals surface area contributed by atoms with E-state index in [1.807, 2.05) is 0 Å². The van der Waals surface area contributed by atoms with Crippen LogP contribution < -0.4 is 13.8 Å². The molecule has 0 radical (unpaired) electrons. The van der Waals surface area contributed by atoms with Gasteiger partial charge in [0.25, 0.3) is 0 Å². The highest BCUT2D eigenvalue weighted by atomic mass is 32.2. The van der Waals surface area contributed by atoms with Crippen LogP contribution in [0.4, 0.5) is 36.4 Å². The van der Waals surface area contributed by atoms with Crippen LogP contribution in [0.5, 0.6) is 11.5 Å². The van der Waals surface area contributed by atoms with Crippen LogP contribution in [0.3, 0.4) is 0 Å². The number of ether oxygens (including phenoxy) is 2. The molecule has 3 aromatic carbocycles. The van der Waals surface area contributed by atoms with Gasteiger partial charge in [0.2, 0.25) is 10.0 Å². The van der Waals surface area contributed by atoms with E-state index in [9.17, 15) is 49.1 Å². The SMILES string of the molecule is CS(=O)(=O)N(c1cc(F)cc(C(=O)O)c1)C1CN(C(c2ccc(OC(F)(F)F)cc2)c2ccc(OC(F)(F)F)cc2)C1. The number of carbonyl (C=O) groups is 1. The largest absolute Gasteiger partial charge is 0.573 e. The van der Waals surface area contributed by atoms with Gasteiger partial charge in [0.1, 0.15) is 17.3 Å². The number of sulfonamides is 1. The second kappa shape index (κ2) is 11.3. The summed E-state index contributed by atoms with van der Waals surface area (Å²) in [6.45, 7) is -0.0312. The Morgan fingerprint density at radius 3 is 1.71 bits per heavy atom.